The Balaban J connectivity index is 2.25. The molecule has 0 aliphatic heterocycles. The van der Waals surface area contributed by atoms with Crippen LogP contribution in [0, 0.1) is 5.92 Å². The number of aryl methyl sites for hydroxylation is 1. The maximum Gasteiger partial charge on any atom is 0.255 e. The zero-order valence-electron chi connectivity index (χ0n) is 17.8. The Bertz CT molecular complexity index is 882. The van der Waals surface area contributed by atoms with E-state index in [9.17, 15) is 9.59 Å². The van der Waals surface area contributed by atoms with Crippen molar-refractivity contribution in [3.63, 3.8) is 0 Å². The van der Waals surface area contributed by atoms with Crippen LogP contribution in [0.1, 0.15) is 54.7 Å². The normalized spacial score (nSPS) is 11.8. The standard InChI is InChI=1S/C23H29ClN2O4/c1-5-6-15-7-9-16(10-8-15)21(14(2)3)26-23(28)17-11-18(24)22(19(12-17)29-4)30-13-20(25)27/h7-12,14,21H,5-6,13H2,1-4H3,(H2,25,27)(H,26,28). The summed E-state index contributed by atoms with van der Waals surface area (Å²) in [7, 11) is 1.43. The Labute approximate surface area is 182 Å². The number of nitrogens with two attached hydrogens (primary N) is 1. The first kappa shape index (κ1) is 23.5. The van der Waals surface area contributed by atoms with E-state index in [1.54, 1.807) is 0 Å². The van der Waals surface area contributed by atoms with Crippen LogP contribution in [0.4, 0.5) is 0 Å². The molecule has 6 nitrogen and oxygen atoms in total. The predicted molar refractivity (Wildman–Crippen MR) is 118 cm³/mol. The third kappa shape index (κ3) is 6.13. The van der Waals surface area contributed by atoms with Crippen LogP contribution in [-0.4, -0.2) is 25.5 Å². The monoisotopic (exact) mass is 432 g/mol. The van der Waals surface area contributed by atoms with Crippen LogP contribution >= 0.6 is 11.6 Å². The number of amides is 2. The van der Waals surface area contributed by atoms with Crippen molar-refractivity contribution in [1.82, 2.24) is 5.32 Å². The summed E-state index contributed by atoms with van der Waals surface area (Å²) in [6, 6.07) is 11.2. The molecule has 2 aromatic carbocycles. The molecule has 0 radical (unpaired) electrons. The molecule has 0 aliphatic rings. The van der Waals surface area contributed by atoms with Gasteiger partial charge in [-0.2, -0.15) is 0 Å². The quantitative estimate of drug-likeness (QED) is 0.585. The number of rotatable bonds is 10. The largest absolute Gasteiger partial charge is 0.493 e. The molecule has 0 bridgehead atoms. The minimum absolute atomic E-state index is 0.158. The summed E-state index contributed by atoms with van der Waals surface area (Å²) in [5.41, 5.74) is 7.76. The van der Waals surface area contributed by atoms with Crippen LogP contribution in [0.3, 0.4) is 0 Å². The maximum absolute atomic E-state index is 13.0. The van der Waals surface area contributed by atoms with Gasteiger partial charge >= 0.3 is 0 Å². The molecular formula is C23H29ClN2O4. The smallest absolute Gasteiger partial charge is 0.255 e. The molecule has 2 aromatic rings. The lowest BCUT2D eigenvalue weighted by molar-refractivity contribution is -0.119. The van der Waals surface area contributed by atoms with Gasteiger partial charge in [0, 0.05) is 5.56 Å². The average Bonchev–Trinajstić information content (AvgIpc) is 2.71. The summed E-state index contributed by atoms with van der Waals surface area (Å²) < 4.78 is 10.6. The Hall–Kier alpha value is -2.73. The van der Waals surface area contributed by atoms with Crippen molar-refractivity contribution in [2.24, 2.45) is 11.7 Å². The molecule has 0 spiro atoms. The molecule has 0 fully saturated rings. The van der Waals surface area contributed by atoms with Crippen LogP contribution < -0.4 is 20.5 Å². The van der Waals surface area contributed by atoms with Gasteiger partial charge in [0.2, 0.25) is 0 Å². The van der Waals surface area contributed by atoms with E-state index in [-0.39, 0.29) is 41.0 Å². The zero-order chi connectivity index (χ0) is 22.3. The number of hydrogen-bond acceptors (Lipinski definition) is 4. The minimum Gasteiger partial charge on any atom is -0.493 e. The fraction of sp³-hybridized carbons (Fsp3) is 0.391. The van der Waals surface area contributed by atoms with Crippen LogP contribution in [-0.2, 0) is 11.2 Å². The molecule has 0 heterocycles. The van der Waals surface area contributed by atoms with Crippen molar-refractivity contribution in [2.75, 3.05) is 13.7 Å². The summed E-state index contributed by atoms with van der Waals surface area (Å²) in [6.45, 7) is 5.91. The molecule has 0 aliphatic carbocycles. The zero-order valence-corrected chi connectivity index (χ0v) is 18.6. The summed E-state index contributed by atoms with van der Waals surface area (Å²) in [5.74, 6) is -0.325. The molecule has 162 valence electrons. The first-order valence-corrected chi connectivity index (χ1v) is 10.3. The molecule has 1 atom stereocenters. The topological polar surface area (TPSA) is 90.6 Å². The molecule has 3 N–H and O–H groups in total. The summed E-state index contributed by atoms with van der Waals surface area (Å²) in [5, 5.41) is 3.24. The van der Waals surface area contributed by atoms with Gasteiger partial charge in [-0.1, -0.05) is 63.1 Å². The third-order valence-corrected chi connectivity index (χ3v) is 4.96. The average molecular weight is 433 g/mol. The molecular weight excluding hydrogens is 404 g/mol. The number of primary amides is 1. The van der Waals surface area contributed by atoms with E-state index < -0.39 is 5.91 Å². The van der Waals surface area contributed by atoms with Crippen LogP contribution in [0.2, 0.25) is 5.02 Å². The van der Waals surface area contributed by atoms with Gasteiger partial charge in [0.05, 0.1) is 18.2 Å². The Morgan fingerprint density at radius 1 is 1.17 bits per heavy atom. The number of hydrogen-bond donors (Lipinski definition) is 2. The number of ether oxygens (including phenoxy) is 2. The van der Waals surface area contributed by atoms with Crippen LogP contribution in [0.5, 0.6) is 11.5 Å². The molecule has 7 heteroatoms. The van der Waals surface area contributed by atoms with Crippen molar-refractivity contribution < 1.29 is 19.1 Å². The highest BCUT2D eigenvalue weighted by molar-refractivity contribution is 6.32. The van der Waals surface area contributed by atoms with Crippen LogP contribution in [0.15, 0.2) is 36.4 Å². The second-order valence-corrected chi connectivity index (χ2v) is 7.84. The number of carbonyl (C=O) groups excluding carboxylic acids is 2. The van der Waals surface area contributed by atoms with E-state index in [0.717, 1.165) is 18.4 Å². The molecule has 0 saturated carbocycles. The molecule has 2 amide bonds. The fourth-order valence-corrected chi connectivity index (χ4v) is 3.44. The van der Waals surface area contributed by atoms with Gasteiger partial charge in [-0.15, -0.1) is 0 Å². The Morgan fingerprint density at radius 3 is 2.37 bits per heavy atom. The molecule has 30 heavy (non-hydrogen) atoms. The van der Waals surface area contributed by atoms with E-state index in [1.165, 1.54) is 24.8 Å². The van der Waals surface area contributed by atoms with Gasteiger partial charge in [0.15, 0.2) is 18.1 Å². The van der Waals surface area contributed by atoms with E-state index in [2.05, 4.69) is 50.4 Å². The van der Waals surface area contributed by atoms with Gasteiger partial charge in [-0.3, -0.25) is 9.59 Å². The lowest BCUT2D eigenvalue weighted by atomic mass is 9.94. The second kappa shape index (κ2) is 10.9. The Morgan fingerprint density at radius 2 is 1.83 bits per heavy atom. The van der Waals surface area contributed by atoms with Crippen molar-refractivity contribution in [3.8, 4) is 11.5 Å². The fourth-order valence-electron chi connectivity index (χ4n) is 3.17. The predicted octanol–water partition coefficient (Wildman–Crippen LogP) is 4.29. The third-order valence-electron chi connectivity index (χ3n) is 4.68. The van der Waals surface area contributed by atoms with Crippen molar-refractivity contribution >= 4 is 23.4 Å². The van der Waals surface area contributed by atoms with E-state index in [0.29, 0.717) is 5.56 Å². The van der Waals surface area contributed by atoms with Gasteiger partial charge < -0.3 is 20.5 Å². The highest BCUT2D eigenvalue weighted by atomic mass is 35.5. The first-order valence-electron chi connectivity index (χ1n) is 9.95. The highest BCUT2D eigenvalue weighted by Gasteiger charge is 2.22. The highest BCUT2D eigenvalue weighted by Crippen LogP contribution is 2.36. The molecule has 0 saturated heterocycles. The summed E-state index contributed by atoms with van der Waals surface area (Å²) in [4.78, 5) is 23.9. The SMILES string of the molecule is CCCc1ccc(C(NC(=O)c2cc(Cl)c(OCC(N)=O)c(OC)c2)C(C)C)cc1. The van der Waals surface area contributed by atoms with Crippen molar-refractivity contribution in [1.29, 1.82) is 0 Å². The maximum atomic E-state index is 13.0. The Kier molecular flexibility index (Phi) is 8.54. The first-order chi connectivity index (χ1) is 14.3. The van der Waals surface area contributed by atoms with E-state index >= 15 is 0 Å². The number of benzene rings is 2. The number of carbonyl (C=O) groups is 2. The summed E-state index contributed by atoms with van der Waals surface area (Å²) >= 11 is 6.27. The number of methoxy groups -OCH3 is 1. The van der Waals surface area contributed by atoms with Crippen molar-refractivity contribution in [3.05, 3.63) is 58.1 Å². The molecule has 1 unspecified atom stereocenters. The van der Waals surface area contributed by atoms with E-state index in [4.69, 9.17) is 26.8 Å². The van der Waals surface area contributed by atoms with E-state index in [1.807, 2.05) is 0 Å². The van der Waals surface area contributed by atoms with Gasteiger partial charge in [-0.25, -0.2) is 0 Å². The molecule has 2 rings (SSSR count). The number of halogens is 1. The second-order valence-electron chi connectivity index (χ2n) is 7.43. The molecule has 0 aromatic heterocycles. The lowest BCUT2D eigenvalue weighted by Crippen LogP contribution is -2.31. The number of nitrogens with one attached hydrogen (secondary N) is 1. The van der Waals surface area contributed by atoms with Gasteiger partial charge in [0.25, 0.3) is 11.8 Å². The lowest BCUT2D eigenvalue weighted by Gasteiger charge is -2.23. The van der Waals surface area contributed by atoms with Crippen LogP contribution in [0.25, 0.3) is 0 Å². The van der Waals surface area contributed by atoms with Gasteiger partial charge in [-0.05, 0) is 35.6 Å². The summed E-state index contributed by atoms with van der Waals surface area (Å²) in [6.07, 6.45) is 2.12. The van der Waals surface area contributed by atoms with Gasteiger partial charge in [0.1, 0.15) is 0 Å². The minimum atomic E-state index is -0.639. The van der Waals surface area contributed by atoms with Crippen molar-refractivity contribution in [2.45, 2.75) is 39.7 Å².